The van der Waals surface area contributed by atoms with E-state index in [1.807, 2.05) is 0 Å². The first-order valence-corrected chi connectivity index (χ1v) is 4.11. The molecule has 0 bridgehead atoms. The molecule has 0 aromatic rings. The van der Waals surface area contributed by atoms with Crippen molar-refractivity contribution in [1.29, 1.82) is 0 Å². The minimum atomic E-state index is -0.617. The Morgan fingerprint density at radius 3 is 2.31 bits per heavy atom. The van der Waals surface area contributed by atoms with Gasteiger partial charge in [0.25, 0.3) is 0 Å². The Hall–Kier alpha value is -1.10. The molecule has 0 saturated carbocycles. The summed E-state index contributed by atoms with van der Waals surface area (Å²) in [5, 5.41) is 5.31. The monoisotopic (exact) mass is 187 g/mol. The van der Waals surface area contributed by atoms with Gasteiger partial charge in [-0.3, -0.25) is 9.59 Å². The molecule has 0 aliphatic rings. The van der Waals surface area contributed by atoms with Crippen LogP contribution in [-0.2, 0) is 9.59 Å². The van der Waals surface area contributed by atoms with E-state index in [4.69, 9.17) is 5.73 Å². The fourth-order valence-corrected chi connectivity index (χ4v) is 0.664. The van der Waals surface area contributed by atoms with Crippen LogP contribution in [0.15, 0.2) is 0 Å². The molecule has 0 rings (SSSR count). The van der Waals surface area contributed by atoms with Gasteiger partial charge in [0, 0.05) is 13.6 Å². The standard InChI is InChI=1S/C8H17N3O2/c1-8(2,7(9)13)5-11-4-6(12)10-3/h11H,4-5H2,1-3H3,(H2,9,13)(H,10,12). The highest BCUT2D eigenvalue weighted by molar-refractivity contribution is 5.80. The van der Waals surface area contributed by atoms with E-state index in [1.54, 1.807) is 20.9 Å². The van der Waals surface area contributed by atoms with Crippen molar-refractivity contribution in [2.75, 3.05) is 20.1 Å². The number of nitrogens with one attached hydrogen (secondary N) is 2. The van der Waals surface area contributed by atoms with Crippen molar-refractivity contribution in [3.05, 3.63) is 0 Å². The summed E-state index contributed by atoms with van der Waals surface area (Å²) in [5.74, 6) is -0.489. The van der Waals surface area contributed by atoms with E-state index in [2.05, 4.69) is 10.6 Å². The zero-order valence-corrected chi connectivity index (χ0v) is 8.31. The Morgan fingerprint density at radius 2 is 1.92 bits per heavy atom. The van der Waals surface area contributed by atoms with Crippen LogP contribution in [0.25, 0.3) is 0 Å². The lowest BCUT2D eigenvalue weighted by Gasteiger charge is -2.20. The largest absolute Gasteiger partial charge is 0.369 e. The second-order valence-electron chi connectivity index (χ2n) is 3.52. The molecular weight excluding hydrogens is 170 g/mol. The van der Waals surface area contributed by atoms with Crippen LogP contribution in [0.2, 0.25) is 0 Å². The number of carbonyl (C=O) groups is 2. The normalized spacial score (nSPS) is 11.0. The summed E-state index contributed by atoms with van der Waals surface area (Å²) in [6.07, 6.45) is 0. The van der Waals surface area contributed by atoms with Gasteiger partial charge >= 0.3 is 0 Å². The van der Waals surface area contributed by atoms with E-state index in [0.717, 1.165) is 0 Å². The van der Waals surface area contributed by atoms with E-state index in [0.29, 0.717) is 6.54 Å². The summed E-state index contributed by atoms with van der Waals surface area (Å²) in [4.78, 5) is 21.6. The number of hydrogen-bond acceptors (Lipinski definition) is 3. The molecule has 0 radical (unpaired) electrons. The van der Waals surface area contributed by atoms with Crippen LogP contribution in [-0.4, -0.2) is 32.0 Å². The van der Waals surface area contributed by atoms with Crippen molar-refractivity contribution in [3.8, 4) is 0 Å². The highest BCUT2D eigenvalue weighted by Crippen LogP contribution is 2.11. The summed E-state index contributed by atoms with van der Waals surface area (Å²) in [6.45, 7) is 4.06. The molecule has 0 fully saturated rings. The van der Waals surface area contributed by atoms with Crippen molar-refractivity contribution < 1.29 is 9.59 Å². The van der Waals surface area contributed by atoms with Gasteiger partial charge in [-0.25, -0.2) is 0 Å². The van der Waals surface area contributed by atoms with Crippen molar-refractivity contribution in [1.82, 2.24) is 10.6 Å². The second kappa shape index (κ2) is 4.81. The van der Waals surface area contributed by atoms with Crippen molar-refractivity contribution >= 4 is 11.8 Å². The maximum atomic E-state index is 10.8. The third kappa shape index (κ3) is 4.47. The topological polar surface area (TPSA) is 84.2 Å². The quantitative estimate of drug-likeness (QED) is 0.507. The Balaban J connectivity index is 3.76. The molecule has 0 heterocycles. The van der Waals surface area contributed by atoms with Crippen LogP contribution in [0, 0.1) is 5.41 Å². The van der Waals surface area contributed by atoms with Crippen LogP contribution in [0.5, 0.6) is 0 Å². The maximum absolute atomic E-state index is 10.8. The van der Waals surface area contributed by atoms with Gasteiger partial charge in [-0.05, 0) is 13.8 Å². The maximum Gasteiger partial charge on any atom is 0.233 e. The number of carbonyl (C=O) groups excluding carboxylic acids is 2. The van der Waals surface area contributed by atoms with Gasteiger partial charge in [-0.2, -0.15) is 0 Å². The summed E-state index contributed by atoms with van der Waals surface area (Å²) >= 11 is 0. The van der Waals surface area contributed by atoms with E-state index >= 15 is 0 Å². The Labute approximate surface area is 78.1 Å². The first-order valence-electron chi connectivity index (χ1n) is 4.11. The minimum absolute atomic E-state index is 0.111. The first kappa shape index (κ1) is 11.9. The lowest BCUT2D eigenvalue weighted by atomic mass is 9.93. The van der Waals surface area contributed by atoms with Crippen LogP contribution in [0.3, 0.4) is 0 Å². The number of hydrogen-bond donors (Lipinski definition) is 3. The lowest BCUT2D eigenvalue weighted by Crippen LogP contribution is -2.43. The Bertz CT molecular complexity index is 202. The molecule has 4 N–H and O–H groups in total. The van der Waals surface area contributed by atoms with E-state index in [9.17, 15) is 9.59 Å². The SMILES string of the molecule is CNC(=O)CNCC(C)(C)C(N)=O. The van der Waals surface area contributed by atoms with Gasteiger partial charge in [0.15, 0.2) is 0 Å². The molecule has 0 aromatic heterocycles. The molecule has 0 atom stereocenters. The molecule has 0 saturated heterocycles. The Kier molecular flexibility index (Phi) is 4.40. The zero-order valence-electron chi connectivity index (χ0n) is 8.31. The third-order valence-corrected chi connectivity index (χ3v) is 1.80. The molecule has 0 unspecified atom stereocenters. The Morgan fingerprint density at radius 1 is 1.38 bits per heavy atom. The molecule has 13 heavy (non-hydrogen) atoms. The number of likely N-dealkylation sites (N-methyl/N-ethyl adjacent to an activating group) is 1. The number of primary amides is 1. The zero-order chi connectivity index (χ0) is 10.5. The molecule has 0 spiro atoms. The predicted molar refractivity (Wildman–Crippen MR) is 49.9 cm³/mol. The molecule has 5 nitrogen and oxygen atoms in total. The van der Waals surface area contributed by atoms with Crippen LogP contribution < -0.4 is 16.4 Å². The fourth-order valence-electron chi connectivity index (χ4n) is 0.664. The van der Waals surface area contributed by atoms with Crippen LogP contribution in [0.1, 0.15) is 13.8 Å². The molecule has 0 aliphatic heterocycles. The van der Waals surface area contributed by atoms with Gasteiger partial charge in [0.2, 0.25) is 11.8 Å². The van der Waals surface area contributed by atoms with Crippen molar-refractivity contribution in [2.45, 2.75) is 13.8 Å². The van der Waals surface area contributed by atoms with Crippen molar-refractivity contribution in [3.63, 3.8) is 0 Å². The molecule has 2 amide bonds. The predicted octanol–water partition coefficient (Wildman–Crippen LogP) is -1.17. The van der Waals surface area contributed by atoms with E-state index in [1.165, 1.54) is 0 Å². The summed E-state index contributed by atoms with van der Waals surface area (Å²) < 4.78 is 0. The third-order valence-electron chi connectivity index (χ3n) is 1.80. The molecule has 0 aromatic carbocycles. The molecule has 5 heteroatoms. The van der Waals surface area contributed by atoms with E-state index < -0.39 is 5.41 Å². The van der Waals surface area contributed by atoms with Crippen LogP contribution >= 0.6 is 0 Å². The number of nitrogens with two attached hydrogens (primary N) is 1. The fraction of sp³-hybridized carbons (Fsp3) is 0.750. The van der Waals surface area contributed by atoms with Gasteiger partial charge in [0.05, 0.1) is 12.0 Å². The first-order chi connectivity index (χ1) is 5.90. The van der Waals surface area contributed by atoms with Gasteiger partial charge in [-0.1, -0.05) is 0 Å². The van der Waals surface area contributed by atoms with E-state index in [-0.39, 0.29) is 18.4 Å². The average molecular weight is 187 g/mol. The van der Waals surface area contributed by atoms with Crippen LogP contribution in [0.4, 0.5) is 0 Å². The number of amides is 2. The summed E-state index contributed by atoms with van der Waals surface area (Å²) in [5.41, 5.74) is 4.52. The van der Waals surface area contributed by atoms with Gasteiger partial charge < -0.3 is 16.4 Å². The molecular formula is C8H17N3O2. The summed E-state index contributed by atoms with van der Waals surface area (Å²) in [7, 11) is 1.56. The minimum Gasteiger partial charge on any atom is -0.369 e. The average Bonchev–Trinajstić information content (AvgIpc) is 2.03. The second-order valence-corrected chi connectivity index (χ2v) is 3.52. The summed E-state index contributed by atoms with van der Waals surface area (Å²) in [6, 6.07) is 0. The van der Waals surface area contributed by atoms with Gasteiger partial charge in [-0.15, -0.1) is 0 Å². The highest BCUT2D eigenvalue weighted by atomic mass is 16.2. The smallest absolute Gasteiger partial charge is 0.233 e. The lowest BCUT2D eigenvalue weighted by molar-refractivity contribution is -0.126. The molecule has 0 aliphatic carbocycles. The highest BCUT2D eigenvalue weighted by Gasteiger charge is 2.24. The van der Waals surface area contributed by atoms with Gasteiger partial charge in [0.1, 0.15) is 0 Å². The molecule has 76 valence electrons. The number of rotatable bonds is 5. The van der Waals surface area contributed by atoms with Crippen molar-refractivity contribution in [2.24, 2.45) is 11.1 Å².